The maximum absolute atomic E-state index is 10.9. The van der Waals surface area contributed by atoms with Crippen molar-refractivity contribution in [2.45, 2.75) is 20.8 Å². The van der Waals surface area contributed by atoms with Gasteiger partial charge in [0, 0.05) is 38.6 Å². The number of pyridine rings is 1. The number of imidazole rings is 1. The molecule has 218 valence electrons. The molecule has 4 nitrogen and oxygen atoms in total. The fraction of sp³-hybridized carbons (Fsp3) is 0.0769. The van der Waals surface area contributed by atoms with Crippen LogP contribution in [0.25, 0.3) is 61.6 Å². The Morgan fingerprint density at radius 3 is 2.09 bits per heavy atom. The molecule has 0 unspecified atom stereocenters. The molecule has 0 radical (unpaired) electrons. The topological polar surface area (TPSA) is 50.9 Å². The van der Waals surface area contributed by atoms with E-state index in [2.05, 4.69) is 91.0 Å². The van der Waals surface area contributed by atoms with E-state index in [1.165, 1.54) is 22.3 Å². The van der Waals surface area contributed by atoms with Crippen molar-refractivity contribution in [2.75, 3.05) is 0 Å². The molecule has 7 aromatic rings. The van der Waals surface area contributed by atoms with Crippen LogP contribution < -0.4 is 0 Å². The van der Waals surface area contributed by atoms with Crippen LogP contribution in [0.3, 0.4) is 0 Å². The number of benzene rings is 5. The molecule has 0 amide bonds. The molecule has 0 spiro atoms. The number of hydrogen-bond donors (Lipinski definition) is 1. The van der Waals surface area contributed by atoms with E-state index in [1.54, 1.807) is 6.07 Å². The summed E-state index contributed by atoms with van der Waals surface area (Å²) < 4.78 is 2.12. The van der Waals surface area contributed by atoms with Gasteiger partial charge in [0.2, 0.25) is 0 Å². The number of aryl methyl sites for hydroxylation is 3. The molecule has 1 N–H and O–H groups in total. The largest absolute Gasteiger partial charge is 0.507 e. The molecule has 44 heavy (non-hydrogen) atoms. The van der Waals surface area contributed by atoms with Crippen LogP contribution in [0.5, 0.6) is 5.75 Å². The Kier molecular flexibility index (Phi) is 8.03. The van der Waals surface area contributed by atoms with Crippen LogP contribution in [0.15, 0.2) is 121 Å². The van der Waals surface area contributed by atoms with Gasteiger partial charge in [-0.3, -0.25) is 9.55 Å². The van der Waals surface area contributed by atoms with Crippen molar-refractivity contribution in [1.82, 2.24) is 14.5 Å². The van der Waals surface area contributed by atoms with Gasteiger partial charge in [-0.15, -0.1) is 23.8 Å². The molecule has 5 aromatic carbocycles. The molecule has 0 atom stereocenters. The summed E-state index contributed by atoms with van der Waals surface area (Å²) in [5.74, 6) is 0.867. The number of nitrogens with zero attached hydrogens (tertiary/aromatic N) is 3. The van der Waals surface area contributed by atoms with E-state index in [4.69, 9.17) is 4.98 Å². The average molecular weight is 752 g/mol. The van der Waals surface area contributed by atoms with Crippen molar-refractivity contribution in [3.63, 3.8) is 0 Å². The molecule has 7 rings (SSSR count). The van der Waals surface area contributed by atoms with Gasteiger partial charge in [-0.05, 0) is 73.9 Å². The standard InChI is InChI=1S/C39H30N3O.Pt/c1-25-20-26(2)37(27(3)21-25)30-23-28(22-29(24-30)34-16-9-10-19-40-34)32-15-11-17-35-38(32)41-39(33-14-7-8-18-36(33)43)42(35)31-12-5-4-6-13-31;/h4-21,23-24,43H,1-3H3;/q-1;. The third kappa shape index (κ3) is 5.27. The third-order valence-electron chi connectivity index (χ3n) is 7.91. The first-order chi connectivity index (χ1) is 21.0. The first-order valence-electron chi connectivity index (χ1n) is 14.4. The Balaban J connectivity index is 0.00000343. The molecule has 0 aliphatic carbocycles. The van der Waals surface area contributed by atoms with Crippen molar-refractivity contribution in [2.24, 2.45) is 0 Å². The first kappa shape index (κ1) is 29.3. The van der Waals surface area contributed by atoms with Crippen LogP contribution in [0.2, 0.25) is 0 Å². The molecular weight excluding hydrogens is 722 g/mol. The number of para-hydroxylation sites is 3. The molecule has 5 heteroatoms. The Morgan fingerprint density at radius 1 is 0.682 bits per heavy atom. The van der Waals surface area contributed by atoms with Crippen LogP contribution >= 0.6 is 0 Å². The zero-order chi connectivity index (χ0) is 29.5. The number of rotatable bonds is 5. The zero-order valence-electron chi connectivity index (χ0n) is 24.7. The molecule has 0 saturated carbocycles. The fourth-order valence-electron chi connectivity index (χ4n) is 6.15. The summed E-state index contributed by atoms with van der Waals surface area (Å²) in [7, 11) is 0. The Morgan fingerprint density at radius 2 is 1.36 bits per heavy atom. The fourth-order valence-corrected chi connectivity index (χ4v) is 6.15. The van der Waals surface area contributed by atoms with E-state index in [0.29, 0.717) is 11.4 Å². The van der Waals surface area contributed by atoms with Crippen LogP contribution in [-0.2, 0) is 21.1 Å². The second-order valence-corrected chi connectivity index (χ2v) is 11.0. The number of aromatic nitrogens is 3. The van der Waals surface area contributed by atoms with Gasteiger partial charge in [-0.2, -0.15) is 0 Å². The monoisotopic (exact) mass is 751 g/mol. The molecule has 0 aliphatic rings. The minimum Gasteiger partial charge on any atom is -0.507 e. The van der Waals surface area contributed by atoms with Gasteiger partial charge in [0.25, 0.3) is 0 Å². The summed E-state index contributed by atoms with van der Waals surface area (Å²) in [6.07, 6.45) is 1.82. The third-order valence-corrected chi connectivity index (χ3v) is 7.91. The summed E-state index contributed by atoms with van der Waals surface area (Å²) in [5, 5.41) is 10.9. The average Bonchev–Trinajstić information content (AvgIpc) is 3.41. The Labute approximate surface area is 272 Å². The van der Waals surface area contributed by atoms with Gasteiger partial charge >= 0.3 is 0 Å². The van der Waals surface area contributed by atoms with Crippen molar-refractivity contribution >= 4 is 11.0 Å². The van der Waals surface area contributed by atoms with E-state index in [1.807, 2.05) is 60.8 Å². The molecule has 0 saturated heterocycles. The van der Waals surface area contributed by atoms with Gasteiger partial charge < -0.3 is 5.11 Å². The van der Waals surface area contributed by atoms with Crippen molar-refractivity contribution in [3.05, 3.63) is 144 Å². The van der Waals surface area contributed by atoms with Gasteiger partial charge in [-0.25, -0.2) is 4.98 Å². The molecule has 2 aromatic heterocycles. The normalized spacial score (nSPS) is 11.0. The van der Waals surface area contributed by atoms with Crippen molar-refractivity contribution in [3.8, 4) is 56.3 Å². The van der Waals surface area contributed by atoms with Crippen LogP contribution in [0.1, 0.15) is 16.7 Å². The second-order valence-electron chi connectivity index (χ2n) is 11.0. The maximum Gasteiger partial charge on any atom is 0.148 e. The minimum absolute atomic E-state index is 0. The van der Waals surface area contributed by atoms with E-state index < -0.39 is 0 Å². The van der Waals surface area contributed by atoms with Gasteiger partial charge in [0.15, 0.2) is 0 Å². The van der Waals surface area contributed by atoms with Crippen molar-refractivity contribution in [1.29, 1.82) is 0 Å². The van der Waals surface area contributed by atoms with Gasteiger partial charge in [0.1, 0.15) is 11.6 Å². The molecule has 0 aliphatic heterocycles. The quantitative estimate of drug-likeness (QED) is 0.178. The zero-order valence-corrected chi connectivity index (χ0v) is 26.9. The minimum atomic E-state index is 0. The summed E-state index contributed by atoms with van der Waals surface area (Å²) in [6.45, 7) is 6.49. The molecule has 2 heterocycles. The van der Waals surface area contributed by atoms with E-state index in [9.17, 15) is 5.11 Å². The van der Waals surface area contributed by atoms with Gasteiger partial charge in [-0.1, -0.05) is 89.0 Å². The Bertz CT molecular complexity index is 2090. The van der Waals surface area contributed by atoms with Crippen LogP contribution in [0, 0.1) is 26.8 Å². The number of aromatic hydroxyl groups is 1. The summed E-state index contributed by atoms with van der Waals surface area (Å²) in [6, 6.07) is 42.3. The predicted molar refractivity (Wildman–Crippen MR) is 175 cm³/mol. The van der Waals surface area contributed by atoms with Crippen LogP contribution in [-0.4, -0.2) is 19.6 Å². The summed E-state index contributed by atoms with van der Waals surface area (Å²) in [4.78, 5) is 9.88. The number of hydrogen-bond acceptors (Lipinski definition) is 3. The summed E-state index contributed by atoms with van der Waals surface area (Å²) in [5.41, 5.74) is 13.2. The first-order valence-corrected chi connectivity index (χ1v) is 14.4. The van der Waals surface area contributed by atoms with E-state index in [-0.39, 0.29) is 26.8 Å². The smallest absolute Gasteiger partial charge is 0.148 e. The maximum atomic E-state index is 10.9. The van der Waals surface area contributed by atoms with E-state index in [0.717, 1.165) is 44.7 Å². The number of phenols is 1. The van der Waals surface area contributed by atoms with Crippen LogP contribution in [0.4, 0.5) is 0 Å². The van der Waals surface area contributed by atoms with Gasteiger partial charge in [0.05, 0.1) is 16.6 Å². The van der Waals surface area contributed by atoms with Crippen molar-refractivity contribution < 1.29 is 26.2 Å². The number of fused-ring (bicyclic) bond motifs is 1. The molecule has 0 fully saturated rings. The number of phenolic OH excluding ortho intramolecular Hbond substituents is 1. The Hall–Kier alpha value is -4.79. The molecule has 0 bridgehead atoms. The second kappa shape index (κ2) is 12.1. The SMILES string of the molecule is Cc1cc(C)c(-c2cc(-c3ccccn3)[c-]c(-c3cccc4c3nc(-c3ccccc3O)n4-c3ccccc3)c2)c(C)c1.[Pt]. The van der Waals surface area contributed by atoms with E-state index >= 15 is 0 Å². The summed E-state index contributed by atoms with van der Waals surface area (Å²) >= 11 is 0. The molecular formula is C39H30N3OPt-. The predicted octanol–water partition coefficient (Wildman–Crippen LogP) is 9.52.